The number of aromatic nitrogens is 1. The van der Waals surface area contributed by atoms with Crippen molar-refractivity contribution in [3.63, 3.8) is 0 Å². The minimum Gasteiger partial charge on any atom is -0.298 e. The summed E-state index contributed by atoms with van der Waals surface area (Å²) in [5, 5.41) is 1.14. The normalized spacial score (nSPS) is 18.2. The quantitative estimate of drug-likeness (QED) is 0.816. The summed E-state index contributed by atoms with van der Waals surface area (Å²) in [6.07, 6.45) is 3.58. The summed E-state index contributed by atoms with van der Waals surface area (Å²) in [4.78, 5) is 7.37. The smallest absolute Gasteiger partial charge is 0.116 e. The first-order valence-corrected chi connectivity index (χ1v) is 8.30. The molecule has 1 aromatic heterocycles. The highest BCUT2D eigenvalue weighted by molar-refractivity contribution is 7.16. The summed E-state index contributed by atoms with van der Waals surface area (Å²) in [5.41, 5.74) is 1.32. The maximum atomic E-state index is 6.40. The lowest BCUT2D eigenvalue weighted by Crippen LogP contribution is -2.43. The molecule has 2 heterocycles. The molecule has 4 heteroatoms. The van der Waals surface area contributed by atoms with Gasteiger partial charge in [-0.3, -0.25) is 4.90 Å². The Bertz CT molecular complexity index is 439. The Kier molecular flexibility index (Phi) is 4.29. The molecule has 0 radical (unpaired) electrons. The van der Waals surface area contributed by atoms with Gasteiger partial charge in [0.2, 0.25) is 0 Å². The van der Waals surface area contributed by atoms with Crippen LogP contribution in [0, 0.1) is 0 Å². The molecular weight excluding hydrogens is 276 g/mol. The molecule has 108 valence electrons. The third-order valence-corrected chi connectivity index (χ3v) is 5.61. The largest absolute Gasteiger partial charge is 0.298 e. The van der Waals surface area contributed by atoms with E-state index in [-0.39, 0.29) is 11.0 Å². The van der Waals surface area contributed by atoms with E-state index in [1.54, 1.807) is 11.3 Å². The van der Waals surface area contributed by atoms with Crippen LogP contribution < -0.4 is 0 Å². The summed E-state index contributed by atoms with van der Waals surface area (Å²) in [6, 6.07) is 0. The van der Waals surface area contributed by atoms with E-state index in [1.807, 2.05) is 0 Å². The molecule has 0 aromatic carbocycles. The first kappa shape index (κ1) is 15.3. The van der Waals surface area contributed by atoms with Crippen molar-refractivity contribution < 1.29 is 0 Å². The van der Waals surface area contributed by atoms with Gasteiger partial charge in [-0.15, -0.1) is 11.3 Å². The van der Waals surface area contributed by atoms with E-state index in [9.17, 15) is 0 Å². The van der Waals surface area contributed by atoms with Crippen molar-refractivity contribution in [2.75, 3.05) is 13.1 Å². The lowest BCUT2D eigenvalue weighted by Gasteiger charge is -2.35. The fourth-order valence-electron chi connectivity index (χ4n) is 2.61. The summed E-state index contributed by atoms with van der Waals surface area (Å²) in [7, 11) is 0. The number of likely N-dealkylation sites (tertiary alicyclic amines) is 1. The van der Waals surface area contributed by atoms with Gasteiger partial charge in [-0.1, -0.05) is 32.4 Å². The molecule has 0 N–H and O–H groups in total. The molecule has 0 spiro atoms. The van der Waals surface area contributed by atoms with Crippen LogP contribution in [0.15, 0.2) is 0 Å². The highest BCUT2D eigenvalue weighted by atomic mass is 35.5. The van der Waals surface area contributed by atoms with Gasteiger partial charge in [0.15, 0.2) is 0 Å². The molecule has 19 heavy (non-hydrogen) atoms. The van der Waals surface area contributed by atoms with Gasteiger partial charge in [-0.2, -0.15) is 0 Å². The minimum atomic E-state index is 0.0876. The van der Waals surface area contributed by atoms with E-state index in [0.717, 1.165) is 21.5 Å². The van der Waals surface area contributed by atoms with Crippen molar-refractivity contribution in [3.05, 3.63) is 15.0 Å². The molecule has 0 amide bonds. The molecule has 1 fully saturated rings. The van der Waals surface area contributed by atoms with Gasteiger partial charge in [-0.05, 0) is 39.8 Å². The number of hydrogen-bond acceptors (Lipinski definition) is 3. The van der Waals surface area contributed by atoms with Crippen LogP contribution in [0.3, 0.4) is 0 Å². The number of hydrogen-bond donors (Lipinski definition) is 0. The SMILES string of the molecule is CC(C)(C)c1nc(CC(C)(C)N2CCCC2)c(Cl)s1. The second-order valence-corrected chi connectivity index (χ2v) is 8.77. The van der Waals surface area contributed by atoms with E-state index in [0.29, 0.717) is 0 Å². The van der Waals surface area contributed by atoms with Crippen molar-refractivity contribution in [3.8, 4) is 0 Å². The molecule has 2 rings (SSSR count). The van der Waals surface area contributed by atoms with Crippen molar-refractivity contribution in [1.29, 1.82) is 0 Å². The topological polar surface area (TPSA) is 16.1 Å². The summed E-state index contributed by atoms with van der Waals surface area (Å²) in [6.45, 7) is 13.6. The van der Waals surface area contributed by atoms with Crippen molar-refractivity contribution in [2.45, 2.75) is 64.8 Å². The number of nitrogens with zero attached hydrogens (tertiary/aromatic N) is 2. The first-order chi connectivity index (χ1) is 8.70. The highest BCUT2D eigenvalue weighted by Crippen LogP contribution is 2.35. The molecule has 0 saturated carbocycles. The van der Waals surface area contributed by atoms with Crippen LogP contribution in [0.1, 0.15) is 58.2 Å². The van der Waals surface area contributed by atoms with Crippen LogP contribution in [0.2, 0.25) is 4.34 Å². The van der Waals surface area contributed by atoms with Crippen molar-refractivity contribution in [2.24, 2.45) is 0 Å². The monoisotopic (exact) mass is 300 g/mol. The third kappa shape index (κ3) is 3.50. The Balaban J connectivity index is 2.16. The molecule has 0 aliphatic carbocycles. The van der Waals surface area contributed by atoms with Crippen LogP contribution in [0.4, 0.5) is 0 Å². The Morgan fingerprint density at radius 3 is 2.21 bits per heavy atom. The van der Waals surface area contributed by atoms with Crippen LogP contribution in [0.25, 0.3) is 0 Å². The Hall–Kier alpha value is -0.120. The lowest BCUT2D eigenvalue weighted by molar-refractivity contribution is 0.153. The van der Waals surface area contributed by atoms with Gasteiger partial charge in [0.25, 0.3) is 0 Å². The standard InChI is InChI=1S/C15H25ClN2S/c1-14(2,3)13-17-11(12(16)19-13)10-15(4,5)18-8-6-7-9-18/h6-10H2,1-5H3. The summed E-state index contributed by atoms with van der Waals surface area (Å²) < 4.78 is 0.872. The van der Waals surface area contributed by atoms with Gasteiger partial charge in [0, 0.05) is 17.4 Å². The fraction of sp³-hybridized carbons (Fsp3) is 0.800. The molecule has 1 aromatic rings. The zero-order valence-corrected chi connectivity index (χ0v) is 14.3. The Morgan fingerprint density at radius 2 is 1.74 bits per heavy atom. The Labute approximate surface area is 126 Å². The van der Waals surface area contributed by atoms with E-state index in [2.05, 4.69) is 39.5 Å². The van der Waals surface area contributed by atoms with E-state index in [1.165, 1.54) is 25.9 Å². The predicted octanol–water partition coefficient (Wildman–Crippen LogP) is 4.51. The van der Waals surface area contributed by atoms with E-state index in [4.69, 9.17) is 16.6 Å². The molecule has 1 saturated heterocycles. The number of halogens is 1. The average Bonchev–Trinajstić information content (AvgIpc) is 2.87. The maximum absolute atomic E-state index is 6.40. The number of rotatable bonds is 3. The average molecular weight is 301 g/mol. The molecular formula is C15H25ClN2S. The lowest BCUT2D eigenvalue weighted by atomic mass is 9.96. The zero-order chi connectivity index (χ0) is 14.3. The van der Waals surface area contributed by atoms with Crippen LogP contribution in [-0.4, -0.2) is 28.5 Å². The fourth-order valence-corrected chi connectivity index (χ4v) is 3.80. The third-order valence-electron chi connectivity index (χ3n) is 3.85. The van der Waals surface area contributed by atoms with Gasteiger partial charge in [0.05, 0.1) is 10.7 Å². The van der Waals surface area contributed by atoms with Crippen molar-refractivity contribution >= 4 is 22.9 Å². The van der Waals surface area contributed by atoms with Crippen LogP contribution in [0.5, 0.6) is 0 Å². The Morgan fingerprint density at radius 1 is 1.16 bits per heavy atom. The van der Waals surface area contributed by atoms with Gasteiger partial charge in [-0.25, -0.2) is 4.98 Å². The summed E-state index contributed by atoms with van der Waals surface area (Å²) in [5.74, 6) is 0. The maximum Gasteiger partial charge on any atom is 0.116 e. The predicted molar refractivity (Wildman–Crippen MR) is 84.4 cm³/mol. The van der Waals surface area contributed by atoms with Gasteiger partial charge in [0.1, 0.15) is 4.34 Å². The molecule has 1 aliphatic rings. The van der Waals surface area contributed by atoms with Crippen LogP contribution in [-0.2, 0) is 11.8 Å². The second kappa shape index (κ2) is 5.34. The zero-order valence-electron chi connectivity index (χ0n) is 12.7. The van der Waals surface area contributed by atoms with Crippen molar-refractivity contribution in [1.82, 2.24) is 9.88 Å². The van der Waals surface area contributed by atoms with Crippen LogP contribution >= 0.6 is 22.9 Å². The first-order valence-electron chi connectivity index (χ1n) is 7.11. The second-order valence-electron chi connectivity index (χ2n) is 7.17. The highest BCUT2D eigenvalue weighted by Gasteiger charge is 2.31. The minimum absolute atomic E-state index is 0.0876. The van der Waals surface area contributed by atoms with Gasteiger partial charge >= 0.3 is 0 Å². The number of thiazole rings is 1. The summed E-state index contributed by atoms with van der Waals surface area (Å²) >= 11 is 8.04. The van der Waals surface area contributed by atoms with E-state index >= 15 is 0 Å². The van der Waals surface area contributed by atoms with Gasteiger partial charge < -0.3 is 0 Å². The molecule has 0 atom stereocenters. The molecule has 0 unspecified atom stereocenters. The molecule has 1 aliphatic heterocycles. The van der Waals surface area contributed by atoms with E-state index < -0.39 is 0 Å². The molecule has 2 nitrogen and oxygen atoms in total. The molecule has 0 bridgehead atoms.